The number of hydrogen-bond acceptors (Lipinski definition) is 3. The summed E-state index contributed by atoms with van der Waals surface area (Å²) < 4.78 is 2.12. The Morgan fingerprint density at radius 1 is 1.30 bits per heavy atom. The van der Waals surface area contributed by atoms with Crippen molar-refractivity contribution < 1.29 is 0 Å². The molecule has 116 valence electrons. The first kappa shape index (κ1) is 17.2. The van der Waals surface area contributed by atoms with E-state index in [0.717, 1.165) is 38.0 Å². The molecule has 1 heterocycles. The highest BCUT2D eigenvalue weighted by Crippen LogP contribution is 2.19. The van der Waals surface area contributed by atoms with Crippen LogP contribution in [0.1, 0.15) is 65.6 Å². The Balaban J connectivity index is 2.79. The normalized spacial score (nSPS) is 12.6. The molecule has 0 aromatic carbocycles. The van der Waals surface area contributed by atoms with Gasteiger partial charge in [0.05, 0.1) is 11.7 Å². The van der Waals surface area contributed by atoms with Gasteiger partial charge in [0, 0.05) is 24.8 Å². The second-order valence-electron chi connectivity index (χ2n) is 6.20. The maximum Gasteiger partial charge on any atom is 0.0765 e. The molecule has 0 aliphatic carbocycles. The van der Waals surface area contributed by atoms with E-state index < -0.39 is 0 Å². The zero-order valence-electron chi connectivity index (χ0n) is 13.9. The largest absolute Gasteiger partial charge is 0.329 e. The van der Waals surface area contributed by atoms with Crippen LogP contribution >= 0.6 is 0 Å². The molecule has 0 saturated heterocycles. The molecule has 1 aromatic heterocycles. The molecular weight excluding hydrogens is 248 g/mol. The minimum atomic E-state index is 0.0225. The zero-order valence-corrected chi connectivity index (χ0v) is 13.9. The first-order valence-corrected chi connectivity index (χ1v) is 7.97. The number of hydrogen-bond donors (Lipinski definition) is 1. The zero-order chi connectivity index (χ0) is 15.2. The molecule has 2 N–H and O–H groups in total. The Morgan fingerprint density at radius 2 is 1.95 bits per heavy atom. The fraction of sp³-hybridized carbons (Fsp3) is 0.812. The predicted octanol–water partition coefficient (Wildman–Crippen LogP) is 3.19. The summed E-state index contributed by atoms with van der Waals surface area (Å²) in [5.74, 6) is 0. The Hall–Kier alpha value is -0.870. The molecule has 1 aromatic rings. The van der Waals surface area contributed by atoms with Gasteiger partial charge >= 0.3 is 0 Å². The molecule has 20 heavy (non-hydrogen) atoms. The molecule has 0 saturated carbocycles. The Morgan fingerprint density at radius 3 is 2.45 bits per heavy atom. The Labute approximate surface area is 124 Å². The molecule has 4 heteroatoms. The van der Waals surface area contributed by atoms with Crippen LogP contribution in [0.15, 0.2) is 12.3 Å². The minimum Gasteiger partial charge on any atom is -0.329 e. The van der Waals surface area contributed by atoms with Crippen molar-refractivity contribution in [2.75, 3.05) is 13.1 Å². The lowest BCUT2D eigenvalue weighted by atomic mass is 10.0. The van der Waals surface area contributed by atoms with E-state index in [1.165, 1.54) is 0 Å². The number of rotatable bonds is 9. The molecule has 0 bridgehead atoms. The van der Waals surface area contributed by atoms with Crippen LogP contribution in [0.4, 0.5) is 0 Å². The van der Waals surface area contributed by atoms with Crippen LogP contribution in [-0.4, -0.2) is 33.3 Å². The van der Waals surface area contributed by atoms with Gasteiger partial charge in [0.2, 0.25) is 0 Å². The van der Waals surface area contributed by atoms with Gasteiger partial charge in [0.1, 0.15) is 0 Å². The third kappa shape index (κ3) is 4.32. The van der Waals surface area contributed by atoms with Gasteiger partial charge in [-0.05, 0) is 45.7 Å². The molecule has 4 nitrogen and oxygen atoms in total. The molecule has 0 spiro atoms. The summed E-state index contributed by atoms with van der Waals surface area (Å²) in [5.41, 5.74) is 7.09. The number of aromatic nitrogens is 2. The monoisotopic (exact) mass is 280 g/mol. The van der Waals surface area contributed by atoms with Crippen LogP contribution in [0.3, 0.4) is 0 Å². The average Bonchev–Trinajstić information content (AvgIpc) is 2.88. The van der Waals surface area contributed by atoms with Crippen molar-refractivity contribution in [1.82, 2.24) is 14.7 Å². The lowest BCUT2D eigenvalue weighted by molar-refractivity contribution is 0.116. The first-order chi connectivity index (χ1) is 9.48. The van der Waals surface area contributed by atoms with Gasteiger partial charge in [-0.1, -0.05) is 20.8 Å². The quantitative estimate of drug-likeness (QED) is 0.755. The Bertz CT molecular complexity index is 380. The van der Waals surface area contributed by atoms with Crippen molar-refractivity contribution in [2.24, 2.45) is 5.73 Å². The van der Waals surface area contributed by atoms with Crippen molar-refractivity contribution in [3.8, 4) is 0 Å². The second kappa shape index (κ2) is 7.79. The van der Waals surface area contributed by atoms with E-state index in [-0.39, 0.29) is 5.54 Å². The minimum absolute atomic E-state index is 0.0225. The molecule has 1 rings (SSSR count). The van der Waals surface area contributed by atoms with Crippen molar-refractivity contribution in [3.63, 3.8) is 0 Å². The van der Waals surface area contributed by atoms with Crippen molar-refractivity contribution in [1.29, 1.82) is 0 Å². The van der Waals surface area contributed by atoms with Crippen LogP contribution in [0, 0.1) is 0 Å². The molecular formula is C16H32N4. The maximum absolute atomic E-state index is 5.92. The molecule has 0 aliphatic rings. The van der Waals surface area contributed by atoms with Crippen molar-refractivity contribution in [3.05, 3.63) is 18.0 Å². The van der Waals surface area contributed by atoms with Gasteiger partial charge in [-0.2, -0.15) is 5.10 Å². The topological polar surface area (TPSA) is 47.1 Å². The van der Waals surface area contributed by atoms with Crippen LogP contribution in [-0.2, 0) is 6.54 Å². The summed E-state index contributed by atoms with van der Waals surface area (Å²) in [4.78, 5) is 2.44. The van der Waals surface area contributed by atoms with Crippen molar-refractivity contribution in [2.45, 2.75) is 72.0 Å². The second-order valence-corrected chi connectivity index (χ2v) is 6.20. The Kier molecular flexibility index (Phi) is 6.69. The highest BCUT2D eigenvalue weighted by atomic mass is 15.3. The molecule has 0 fully saturated rings. The maximum atomic E-state index is 5.92. The lowest BCUT2D eigenvalue weighted by Gasteiger charge is -2.37. The van der Waals surface area contributed by atoms with E-state index in [9.17, 15) is 0 Å². The summed E-state index contributed by atoms with van der Waals surface area (Å²) in [7, 11) is 0. The van der Waals surface area contributed by atoms with Gasteiger partial charge in [-0.15, -0.1) is 0 Å². The molecule has 0 unspecified atom stereocenters. The van der Waals surface area contributed by atoms with Gasteiger partial charge < -0.3 is 5.73 Å². The first-order valence-electron chi connectivity index (χ1n) is 7.97. The molecule has 0 atom stereocenters. The third-order valence-corrected chi connectivity index (χ3v) is 4.18. The van der Waals surface area contributed by atoms with Gasteiger partial charge in [0.25, 0.3) is 0 Å². The third-order valence-electron chi connectivity index (χ3n) is 4.18. The lowest BCUT2D eigenvalue weighted by Crippen LogP contribution is -2.49. The smallest absolute Gasteiger partial charge is 0.0765 e. The SMILES string of the molecule is CCCN(Cc1ccn(C(CC)CC)n1)C(C)(C)CN. The van der Waals surface area contributed by atoms with Gasteiger partial charge in [0.15, 0.2) is 0 Å². The van der Waals surface area contributed by atoms with Crippen LogP contribution in [0.25, 0.3) is 0 Å². The van der Waals surface area contributed by atoms with Crippen LogP contribution in [0.2, 0.25) is 0 Å². The van der Waals surface area contributed by atoms with E-state index >= 15 is 0 Å². The standard InChI is InChI=1S/C16H32N4/c1-6-10-19(16(4,5)13-17)12-14-9-11-20(18-14)15(7-2)8-3/h9,11,15H,6-8,10,12-13,17H2,1-5H3. The van der Waals surface area contributed by atoms with E-state index in [0.29, 0.717) is 12.6 Å². The number of nitrogens with two attached hydrogens (primary N) is 1. The summed E-state index contributed by atoms with van der Waals surface area (Å²) >= 11 is 0. The van der Waals surface area contributed by atoms with E-state index in [4.69, 9.17) is 10.8 Å². The fourth-order valence-electron chi connectivity index (χ4n) is 2.52. The van der Waals surface area contributed by atoms with E-state index in [1.807, 2.05) is 0 Å². The van der Waals surface area contributed by atoms with E-state index in [2.05, 4.69) is 56.5 Å². The summed E-state index contributed by atoms with van der Waals surface area (Å²) in [5, 5.41) is 4.76. The summed E-state index contributed by atoms with van der Waals surface area (Å²) in [6.45, 7) is 13.7. The fourth-order valence-corrected chi connectivity index (χ4v) is 2.52. The highest BCUT2D eigenvalue weighted by Gasteiger charge is 2.25. The van der Waals surface area contributed by atoms with Crippen LogP contribution in [0.5, 0.6) is 0 Å². The van der Waals surface area contributed by atoms with Crippen molar-refractivity contribution >= 4 is 0 Å². The van der Waals surface area contributed by atoms with Gasteiger partial charge in [-0.3, -0.25) is 9.58 Å². The molecule has 0 radical (unpaired) electrons. The average molecular weight is 280 g/mol. The summed E-state index contributed by atoms with van der Waals surface area (Å²) in [6, 6.07) is 2.67. The van der Waals surface area contributed by atoms with Crippen LogP contribution < -0.4 is 5.73 Å². The molecule has 0 aliphatic heterocycles. The summed E-state index contributed by atoms with van der Waals surface area (Å²) in [6.07, 6.45) is 5.51. The van der Waals surface area contributed by atoms with Gasteiger partial charge in [-0.25, -0.2) is 0 Å². The molecule has 0 amide bonds. The predicted molar refractivity (Wildman–Crippen MR) is 85.7 cm³/mol. The van der Waals surface area contributed by atoms with E-state index in [1.54, 1.807) is 0 Å². The number of nitrogens with zero attached hydrogens (tertiary/aromatic N) is 3. The highest BCUT2D eigenvalue weighted by molar-refractivity contribution is 5.01.